The van der Waals surface area contributed by atoms with Crippen molar-refractivity contribution in [2.24, 2.45) is 0 Å². The third-order valence-electron chi connectivity index (χ3n) is 3.40. The van der Waals surface area contributed by atoms with Gasteiger partial charge in [-0.25, -0.2) is 9.37 Å². The fraction of sp³-hybridized carbons (Fsp3) is 0.333. The molecule has 1 N–H and O–H groups in total. The van der Waals surface area contributed by atoms with Crippen molar-refractivity contribution in [2.45, 2.75) is 18.9 Å². The Bertz CT molecular complexity index is 683. The molecule has 1 saturated heterocycles. The molecule has 0 spiro atoms. The maximum Gasteiger partial charge on any atom is 0.255 e. The van der Waals surface area contributed by atoms with Crippen molar-refractivity contribution < 1.29 is 18.7 Å². The number of carbonyl (C=O) groups excluding carboxylic acids is 1. The van der Waals surface area contributed by atoms with Gasteiger partial charge in [-0.1, -0.05) is 0 Å². The topological polar surface area (TPSA) is 60.5 Å². The first-order valence-electron chi connectivity index (χ1n) is 6.89. The Hall–Kier alpha value is -1.99. The first-order valence-corrected chi connectivity index (χ1v) is 7.77. The van der Waals surface area contributed by atoms with Crippen molar-refractivity contribution in [1.29, 1.82) is 0 Å². The van der Waals surface area contributed by atoms with Crippen LogP contribution in [0.5, 0.6) is 5.75 Å². The number of nitrogens with zero attached hydrogens (tertiary/aromatic N) is 1. The molecule has 1 aliphatic heterocycles. The Morgan fingerprint density at radius 3 is 3.09 bits per heavy atom. The number of ether oxygens (including phenoxy) is 2. The second kappa shape index (κ2) is 6.41. The average Bonchev–Trinajstić information content (AvgIpc) is 3.18. The highest BCUT2D eigenvalue weighted by Gasteiger charge is 2.24. The zero-order chi connectivity index (χ0) is 15.5. The Morgan fingerprint density at radius 1 is 1.55 bits per heavy atom. The van der Waals surface area contributed by atoms with E-state index < -0.39 is 11.9 Å². The van der Waals surface area contributed by atoms with Gasteiger partial charge >= 0.3 is 0 Å². The van der Waals surface area contributed by atoms with Crippen LogP contribution in [-0.4, -0.2) is 30.7 Å². The summed E-state index contributed by atoms with van der Waals surface area (Å²) >= 11 is 1.30. The molecule has 1 atom stereocenters. The molecule has 0 radical (unpaired) electrons. The molecule has 22 heavy (non-hydrogen) atoms. The molecule has 0 saturated carbocycles. The Balaban J connectivity index is 1.73. The van der Waals surface area contributed by atoms with Gasteiger partial charge in [-0.05, 0) is 31.0 Å². The van der Waals surface area contributed by atoms with Gasteiger partial charge < -0.3 is 9.47 Å². The lowest BCUT2D eigenvalue weighted by Crippen LogP contribution is -2.26. The Labute approximate surface area is 131 Å². The number of rotatable bonds is 4. The molecule has 2 aromatic rings. The summed E-state index contributed by atoms with van der Waals surface area (Å²) in [7, 11) is 1.42. The van der Waals surface area contributed by atoms with E-state index in [1.54, 1.807) is 17.5 Å². The molecule has 2 heterocycles. The van der Waals surface area contributed by atoms with Gasteiger partial charge in [-0.3, -0.25) is 10.1 Å². The van der Waals surface area contributed by atoms with Crippen molar-refractivity contribution in [1.82, 2.24) is 4.98 Å². The largest absolute Gasteiger partial charge is 0.494 e. The number of hydrogen-bond acceptors (Lipinski definition) is 5. The number of hydrogen-bond donors (Lipinski definition) is 1. The number of methoxy groups -OCH3 is 1. The van der Waals surface area contributed by atoms with E-state index in [4.69, 9.17) is 9.47 Å². The van der Waals surface area contributed by atoms with Gasteiger partial charge in [0.25, 0.3) is 5.91 Å². The SMILES string of the molecule is COc1ccc(-c2csc(NC(=O)C3CCCO3)n2)cc1F. The lowest BCUT2D eigenvalue weighted by Gasteiger charge is -2.07. The Morgan fingerprint density at radius 2 is 2.41 bits per heavy atom. The van der Waals surface area contributed by atoms with Crippen molar-refractivity contribution >= 4 is 22.4 Å². The highest BCUT2D eigenvalue weighted by Crippen LogP contribution is 2.28. The van der Waals surface area contributed by atoms with Crippen LogP contribution in [-0.2, 0) is 9.53 Å². The normalized spacial score (nSPS) is 17.5. The summed E-state index contributed by atoms with van der Waals surface area (Å²) in [6.07, 6.45) is 1.23. The molecule has 1 aliphatic rings. The second-order valence-electron chi connectivity index (χ2n) is 4.88. The molecule has 3 rings (SSSR count). The number of amides is 1. The molecular weight excluding hydrogens is 307 g/mol. The maximum absolute atomic E-state index is 13.7. The second-order valence-corrected chi connectivity index (χ2v) is 5.74. The third kappa shape index (κ3) is 3.10. The van der Waals surface area contributed by atoms with Crippen LogP contribution < -0.4 is 10.1 Å². The van der Waals surface area contributed by atoms with E-state index in [2.05, 4.69) is 10.3 Å². The molecule has 0 aliphatic carbocycles. The summed E-state index contributed by atoms with van der Waals surface area (Å²) in [5.74, 6) is -0.442. The van der Waals surface area contributed by atoms with Crippen LogP contribution in [0.1, 0.15) is 12.8 Å². The van der Waals surface area contributed by atoms with Gasteiger partial charge in [0.15, 0.2) is 16.7 Å². The summed E-state index contributed by atoms with van der Waals surface area (Å²) in [6, 6.07) is 4.64. The van der Waals surface area contributed by atoms with Crippen molar-refractivity contribution in [2.75, 3.05) is 19.0 Å². The van der Waals surface area contributed by atoms with Crippen molar-refractivity contribution in [3.05, 3.63) is 29.4 Å². The minimum absolute atomic E-state index is 0.181. The van der Waals surface area contributed by atoms with Gasteiger partial charge in [-0.15, -0.1) is 11.3 Å². The number of anilines is 1. The maximum atomic E-state index is 13.7. The molecule has 1 unspecified atom stereocenters. The van der Waals surface area contributed by atoms with E-state index in [1.807, 2.05) is 0 Å². The quantitative estimate of drug-likeness (QED) is 0.940. The van der Waals surface area contributed by atoms with Gasteiger partial charge in [-0.2, -0.15) is 0 Å². The van der Waals surface area contributed by atoms with E-state index >= 15 is 0 Å². The van der Waals surface area contributed by atoms with Crippen LogP contribution in [0.2, 0.25) is 0 Å². The highest BCUT2D eigenvalue weighted by atomic mass is 32.1. The smallest absolute Gasteiger partial charge is 0.255 e. The molecule has 1 aromatic carbocycles. The van der Waals surface area contributed by atoms with Crippen LogP contribution in [0.15, 0.2) is 23.6 Å². The minimum atomic E-state index is -0.446. The number of benzene rings is 1. The van der Waals surface area contributed by atoms with E-state index in [0.29, 0.717) is 23.0 Å². The van der Waals surface area contributed by atoms with Crippen molar-refractivity contribution in [3.63, 3.8) is 0 Å². The van der Waals surface area contributed by atoms with E-state index in [-0.39, 0.29) is 11.7 Å². The van der Waals surface area contributed by atoms with Gasteiger partial charge in [0.05, 0.1) is 12.8 Å². The number of halogens is 1. The number of thiazole rings is 1. The lowest BCUT2D eigenvalue weighted by atomic mass is 10.1. The van der Waals surface area contributed by atoms with Crippen LogP contribution in [0.4, 0.5) is 9.52 Å². The molecule has 116 valence electrons. The molecular formula is C15H15FN2O3S. The monoisotopic (exact) mass is 322 g/mol. The van der Waals surface area contributed by atoms with Crippen molar-refractivity contribution in [3.8, 4) is 17.0 Å². The average molecular weight is 322 g/mol. The van der Waals surface area contributed by atoms with Gasteiger partial charge in [0.1, 0.15) is 6.10 Å². The number of nitrogens with one attached hydrogen (secondary N) is 1. The lowest BCUT2D eigenvalue weighted by molar-refractivity contribution is -0.124. The summed E-state index contributed by atoms with van der Waals surface area (Å²) in [6.45, 7) is 0.617. The highest BCUT2D eigenvalue weighted by molar-refractivity contribution is 7.14. The van der Waals surface area contributed by atoms with E-state index in [9.17, 15) is 9.18 Å². The third-order valence-corrected chi connectivity index (χ3v) is 4.16. The van der Waals surface area contributed by atoms with Gasteiger partial charge in [0.2, 0.25) is 0 Å². The molecule has 5 nitrogen and oxygen atoms in total. The first kappa shape index (κ1) is 14.9. The predicted octanol–water partition coefficient (Wildman–Crippen LogP) is 3.08. The van der Waals surface area contributed by atoms with Crippen LogP contribution in [0.25, 0.3) is 11.3 Å². The number of carbonyl (C=O) groups is 1. The van der Waals surface area contributed by atoms with Crippen LogP contribution >= 0.6 is 11.3 Å². The van der Waals surface area contributed by atoms with E-state index in [1.165, 1.54) is 24.5 Å². The standard InChI is InChI=1S/C15H15FN2O3S/c1-20-12-5-4-9(7-10(12)16)11-8-22-15(17-11)18-14(19)13-3-2-6-21-13/h4-5,7-8,13H,2-3,6H2,1H3,(H,17,18,19). The first-order chi connectivity index (χ1) is 10.7. The summed E-state index contributed by atoms with van der Waals surface area (Å²) in [5.41, 5.74) is 1.24. The van der Waals surface area contributed by atoms with Crippen LogP contribution in [0, 0.1) is 5.82 Å². The minimum Gasteiger partial charge on any atom is -0.494 e. The fourth-order valence-corrected chi connectivity index (χ4v) is 2.98. The molecule has 0 bridgehead atoms. The van der Waals surface area contributed by atoms with Gasteiger partial charge in [0, 0.05) is 17.6 Å². The summed E-state index contributed by atoms with van der Waals surface area (Å²) in [4.78, 5) is 16.3. The van der Waals surface area contributed by atoms with Crippen LogP contribution in [0.3, 0.4) is 0 Å². The zero-order valence-electron chi connectivity index (χ0n) is 12.0. The molecule has 1 aromatic heterocycles. The Kier molecular flexibility index (Phi) is 4.35. The summed E-state index contributed by atoms with van der Waals surface area (Å²) < 4.78 is 23.9. The van der Waals surface area contributed by atoms with E-state index in [0.717, 1.165) is 12.8 Å². The summed E-state index contributed by atoms with van der Waals surface area (Å²) in [5, 5.41) is 4.98. The fourth-order valence-electron chi connectivity index (χ4n) is 2.26. The number of aromatic nitrogens is 1. The molecule has 1 amide bonds. The predicted molar refractivity (Wildman–Crippen MR) is 81.7 cm³/mol. The molecule has 1 fully saturated rings. The molecule has 7 heteroatoms. The zero-order valence-corrected chi connectivity index (χ0v) is 12.8.